The van der Waals surface area contributed by atoms with Crippen molar-refractivity contribution in [2.45, 2.75) is 86.2 Å². The van der Waals surface area contributed by atoms with Gasteiger partial charge in [0.1, 0.15) is 5.82 Å². The molecule has 0 bridgehead atoms. The zero-order chi connectivity index (χ0) is 23.9. The van der Waals surface area contributed by atoms with E-state index >= 15 is 0 Å². The summed E-state index contributed by atoms with van der Waals surface area (Å²) in [7, 11) is 0. The Bertz CT molecular complexity index is 708. The standard InChI is InChI=1S/C13H11F3N3.C10H22.C2H6.U/c1-8-12(18-7-6-11(17)19-8)9-2-4-10(5-3-9)13(14,15)16;1-4-6-7-8-9-10(3)5-2;1-2;/h2,4-6H,7,17H2,1H3;10H,4-9H2,1-3H3;1-2H3;/q-1;;;. The molecular formula is C25H39F3N3U-. The molecule has 0 fully saturated rings. The Hall–Kier alpha value is -1.06. The van der Waals surface area contributed by atoms with Crippen LogP contribution < -0.4 is 5.73 Å². The van der Waals surface area contributed by atoms with Crippen LogP contribution in [-0.4, -0.2) is 18.0 Å². The predicted octanol–water partition coefficient (Wildman–Crippen LogP) is 7.60. The minimum atomic E-state index is -4.37. The van der Waals surface area contributed by atoms with Gasteiger partial charge in [-0.1, -0.05) is 73.1 Å². The van der Waals surface area contributed by atoms with Crippen LogP contribution in [0.15, 0.2) is 40.1 Å². The molecule has 0 radical (unpaired) electrons. The molecule has 1 aromatic rings. The fraction of sp³-hybridized carbons (Fsp3) is 0.600. The molecular weight excluding hydrogens is 637 g/mol. The van der Waals surface area contributed by atoms with E-state index in [1.165, 1.54) is 44.6 Å². The van der Waals surface area contributed by atoms with Gasteiger partial charge in [0.2, 0.25) is 0 Å². The quantitative estimate of drug-likeness (QED) is 0.235. The number of halogens is 3. The van der Waals surface area contributed by atoms with E-state index in [2.05, 4.69) is 36.8 Å². The zero-order valence-corrected chi connectivity index (χ0v) is 24.6. The summed E-state index contributed by atoms with van der Waals surface area (Å²) in [5, 5.41) is 0. The summed E-state index contributed by atoms with van der Waals surface area (Å²) in [4.78, 5) is 8.32. The van der Waals surface area contributed by atoms with Gasteiger partial charge in [-0.3, -0.25) is 0 Å². The number of nitrogens with two attached hydrogens (primary N) is 1. The average molecular weight is 677 g/mol. The van der Waals surface area contributed by atoms with Gasteiger partial charge < -0.3 is 10.7 Å². The molecule has 1 aliphatic rings. The van der Waals surface area contributed by atoms with E-state index < -0.39 is 11.7 Å². The van der Waals surface area contributed by atoms with Crippen molar-refractivity contribution >= 4 is 11.4 Å². The van der Waals surface area contributed by atoms with E-state index in [1.54, 1.807) is 13.0 Å². The summed E-state index contributed by atoms with van der Waals surface area (Å²) in [6.07, 6.45) is 5.75. The van der Waals surface area contributed by atoms with Gasteiger partial charge in [0, 0.05) is 42.5 Å². The third kappa shape index (κ3) is 13.5. The summed E-state index contributed by atoms with van der Waals surface area (Å²) < 4.78 is 37.4. The smallest absolute Gasteiger partial charge is 0.381 e. The van der Waals surface area contributed by atoms with Gasteiger partial charge in [-0.15, -0.1) is 29.8 Å². The maximum absolute atomic E-state index is 12.5. The van der Waals surface area contributed by atoms with Gasteiger partial charge in [-0.2, -0.15) is 13.2 Å². The molecule has 32 heavy (non-hydrogen) atoms. The number of rotatable bonds is 7. The van der Waals surface area contributed by atoms with Gasteiger partial charge in [0.15, 0.2) is 0 Å². The first-order valence-corrected chi connectivity index (χ1v) is 11.3. The van der Waals surface area contributed by atoms with Crippen LogP contribution in [0.3, 0.4) is 0 Å². The molecule has 1 atom stereocenters. The van der Waals surface area contributed by atoms with Crippen LogP contribution in [0.4, 0.5) is 13.2 Å². The van der Waals surface area contributed by atoms with Crippen LogP contribution >= 0.6 is 0 Å². The summed E-state index contributed by atoms with van der Waals surface area (Å²) in [5.74, 6) is 1.31. The number of benzene rings is 1. The number of aliphatic imine (C=N–C) groups is 2. The average Bonchev–Trinajstić information content (AvgIpc) is 2.92. The fourth-order valence-electron chi connectivity index (χ4n) is 2.79. The van der Waals surface area contributed by atoms with E-state index in [0.29, 0.717) is 29.4 Å². The molecule has 0 saturated carbocycles. The van der Waals surface area contributed by atoms with E-state index in [9.17, 15) is 13.2 Å². The number of hydrogen-bond donors (Lipinski definition) is 1. The van der Waals surface area contributed by atoms with Crippen molar-refractivity contribution in [1.82, 2.24) is 0 Å². The Morgan fingerprint density at radius 1 is 1.12 bits per heavy atom. The first-order valence-electron chi connectivity index (χ1n) is 11.3. The predicted molar refractivity (Wildman–Crippen MR) is 127 cm³/mol. The van der Waals surface area contributed by atoms with Gasteiger partial charge >= 0.3 is 6.18 Å². The van der Waals surface area contributed by atoms with Crippen molar-refractivity contribution in [3.05, 3.63) is 47.3 Å². The van der Waals surface area contributed by atoms with E-state index in [0.717, 1.165) is 18.1 Å². The van der Waals surface area contributed by atoms with Crippen molar-refractivity contribution in [3.8, 4) is 0 Å². The monoisotopic (exact) mass is 676 g/mol. The minimum absolute atomic E-state index is 0. The van der Waals surface area contributed by atoms with Crippen molar-refractivity contribution < 1.29 is 44.3 Å². The number of alkyl halides is 3. The summed E-state index contributed by atoms with van der Waals surface area (Å²) >= 11 is 0. The summed E-state index contributed by atoms with van der Waals surface area (Å²) in [6, 6.07) is 5.84. The van der Waals surface area contributed by atoms with Gasteiger partial charge in [-0.25, -0.2) is 4.99 Å². The first kappa shape index (κ1) is 33.1. The molecule has 0 aromatic heterocycles. The maximum atomic E-state index is 12.5. The molecule has 1 heterocycles. The Morgan fingerprint density at radius 3 is 2.28 bits per heavy atom. The Morgan fingerprint density at radius 2 is 1.78 bits per heavy atom. The zero-order valence-electron chi connectivity index (χ0n) is 20.4. The molecule has 0 amide bonds. The normalized spacial score (nSPS) is 14.1. The van der Waals surface area contributed by atoms with Gasteiger partial charge in [0.25, 0.3) is 0 Å². The molecule has 3 nitrogen and oxygen atoms in total. The Balaban J connectivity index is 0. The number of nitrogens with zero attached hydrogens (tertiary/aromatic N) is 2. The summed E-state index contributed by atoms with van der Waals surface area (Å²) in [6.45, 7) is 13.0. The van der Waals surface area contributed by atoms with Crippen molar-refractivity contribution in [1.29, 1.82) is 0 Å². The largest absolute Gasteiger partial charge is 0.384 e. The molecule has 1 aliphatic heterocycles. The van der Waals surface area contributed by atoms with Crippen molar-refractivity contribution in [2.75, 3.05) is 6.54 Å². The van der Waals surface area contributed by atoms with Crippen LogP contribution in [0.5, 0.6) is 0 Å². The van der Waals surface area contributed by atoms with Crippen LogP contribution in [0.2, 0.25) is 0 Å². The van der Waals surface area contributed by atoms with Crippen molar-refractivity contribution in [2.24, 2.45) is 21.6 Å². The second kappa shape index (κ2) is 18.4. The Kier molecular flexibility index (Phi) is 19.0. The van der Waals surface area contributed by atoms with E-state index in [1.807, 2.05) is 13.8 Å². The van der Waals surface area contributed by atoms with Crippen molar-refractivity contribution in [3.63, 3.8) is 0 Å². The maximum Gasteiger partial charge on any atom is 0.381 e. The topological polar surface area (TPSA) is 50.7 Å². The molecule has 7 heteroatoms. The van der Waals surface area contributed by atoms with Crippen LogP contribution in [-0.2, 0) is 6.18 Å². The SMILES string of the molecule is CC.CC1=NC(N)=CCN=C1c1[c-]cc(C(F)(F)F)cc1.CCCCCCC(C)CC.[U]. The number of unbranched alkanes of at least 4 members (excludes halogenated alkanes) is 3. The van der Waals surface area contributed by atoms with Gasteiger partial charge in [-0.05, 0) is 24.5 Å². The third-order valence-corrected chi connectivity index (χ3v) is 4.83. The van der Waals surface area contributed by atoms with E-state index in [-0.39, 0.29) is 31.1 Å². The van der Waals surface area contributed by atoms with Gasteiger partial charge in [0.05, 0.1) is 6.54 Å². The molecule has 0 saturated heterocycles. The second-order valence-corrected chi connectivity index (χ2v) is 7.37. The van der Waals surface area contributed by atoms with Crippen LogP contribution in [0.1, 0.15) is 91.2 Å². The molecule has 1 aromatic carbocycles. The molecule has 1 unspecified atom stereocenters. The molecule has 2 N–H and O–H groups in total. The second-order valence-electron chi connectivity index (χ2n) is 7.37. The number of hydrogen-bond acceptors (Lipinski definition) is 3. The van der Waals surface area contributed by atoms with Crippen LogP contribution in [0, 0.1) is 43.1 Å². The molecule has 180 valence electrons. The molecule has 0 spiro atoms. The van der Waals surface area contributed by atoms with Crippen LogP contribution in [0.25, 0.3) is 0 Å². The Labute approximate surface area is 216 Å². The minimum Gasteiger partial charge on any atom is -0.384 e. The summed E-state index contributed by atoms with van der Waals surface area (Å²) in [5.41, 5.74) is 6.38. The molecule has 2 rings (SSSR count). The molecule has 0 aliphatic carbocycles. The fourth-order valence-corrected chi connectivity index (χ4v) is 2.79. The third-order valence-electron chi connectivity index (χ3n) is 4.83. The first-order chi connectivity index (χ1) is 14.7. The van der Waals surface area contributed by atoms with E-state index in [4.69, 9.17) is 5.73 Å².